The smallest absolute Gasteiger partial charge is 0.343 e. The summed E-state index contributed by atoms with van der Waals surface area (Å²) in [6.45, 7) is 8.87. The van der Waals surface area contributed by atoms with E-state index in [0.717, 1.165) is 43.2 Å². The summed E-state index contributed by atoms with van der Waals surface area (Å²) >= 11 is 0. The Kier molecular flexibility index (Phi) is 11.6. The molecule has 0 aromatic heterocycles. The quantitative estimate of drug-likeness (QED) is 0.0895. The maximum atomic E-state index is 12.6. The summed E-state index contributed by atoms with van der Waals surface area (Å²) in [5, 5.41) is 0. The summed E-state index contributed by atoms with van der Waals surface area (Å²) in [6, 6.07) is 23.2. The molecule has 0 aliphatic heterocycles. The van der Waals surface area contributed by atoms with Gasteiger partial charge in [0.25, 0.3) is 0 Å². The number of hydrogen-bond acceptors (Lipinski definition) is 5. The SMILES string of the molecule is C=CC(=O)OCCCCCCOc1ccc(C(=O)Oc2ccc(-c3ccc(CC(C)CC)cc3)cc2)cc1. The third-order valence-electron chi connectivity index (χ3n) is 6.44. The Morgan fingerprint density at radius 1 is 0.789 bits per heavy atom. The molecule has 200 valence electrons. The topological polar surface area (TPSA) is 61.8 Å². The van der Waals surface area contributed by atoms with Gasteiger partial charge in [0.2, 0.25) is 0 Å². The van der Waals surface area contributed by atoms with Crippen LogP contribution in [0, 0.1) is 5.92 Å². The Morgan fingerprint density at radius 3 is 1.97 bits per heavy atom. The molecule has 3 aromatic carbocycles. The standard InChI is InChI=1S/C33H38O5/c1-4-25(3)24-26-10-12-27(13-11-26)28-14-20-31(21-15-28)38-33(35)29-16-18-30(19-17-29)36-22-8-6-7-9-23-37-32(34)5-2/h5,10-21,25H,2,4,6-9,22-24H2,1,3H3. The van der Waals surface area contributed by atoms with Gasteiger partial charge in [0.1, 0.15) is 11.5 Å². The van der Waals surface area contributed by atoms with E-state index >= 15 is 0 Å². The van der Waals surface area contributed by atoms with Gasteiger partial charge in [-0.05, 0) is 91.1 Å². The monoisotopic (exact) mass is 514 g/mol. The Hall–Kier alpha value is -3.86. The predicted octanol–water partition coefficient (Wildman–Crippen LogP) is 7.83. The number of unbranched alkanes of at least 4 members (excludes halogenated alkanes) is 3. The molecule has 0 amide bonds. The van der Waals surface area contributed by atoms with Crippen LogP contribution in [0.3, 0.4) is 0 Å². The van der Waals surface area contributed by atoms with E-state index < -0.39 is 5.97 Å². The summed E-state index contributed by atoms with van der Waals surface area (Å²) in [4.78, 5) is 23.5. The minimum atomic E-state index is -0.407. The molecular weight excluding hydrogens is 476 g/mol. The second-order valence-corrected chi connectivity index (χ2v) is 9.49. The molecule has 1 atom stereocenters. The van der Waals surface area contributed by atoms with Crippen LogP contribution in [0.15, 0.2) is 85.5 Å². The van der Waals surface area contributed by atoms with Crippen LogP contribution in [0.2, 0.25) is 0 Å². The Balaban J connectivity index is 1.40. The first-order chi connectivity index (χ1) is 18.5. The fourth-order valence-corrected chi connectivity index (χ4v) is 3.93. The zero-order chi connectivity index (χ0) is 27.2. The fourth-order valence-electron chi connectivity index (χ4n) is 3.93. The van der Waals surface area contributed by atoms with E-state index in [1.165, 1.54) is 18.1 Å². The van der Waals surface area contributed by atoms with Crippen molar-refractivity contribution in [1.29, 1.82) is 0 Å². The molecule has 0 N–H and O–H groups in total. The molecule has 5 heteroatoms. The van der Waals surface area contributed by atoms with E-state index in [1.54, 1.807) is 24.3 Å². The lowest BCUT2D eigenvalue weighted by Gasteiger charge is -2.10. The van der Waals surface area contributed by atoms with Crippen molar-refractivity contribution < 1.29 is 23.8 Å². The van der Waals surface area contributed by atoms with Crippen LogP contribution in [0.5, 0.6) is 11.5 Å². The first-order valence-corrected chi connectivity index (χ1v) is 13.4. The lowest BCUT2D eigenvalue weighted by Crippen LogP contribution is -2.08. The van der Waals surface area contributed by atoms with Crippen LogP contribution >= 0.6 is 0 Å². The number of rotatable bonds is 15. The summed E-state index contributed by atoms with van der Waals surface area (Å²) in [5.41, 5.74) is 4.04. The number of ether oxygens (including phenoxy) is 3. The summed E-state index contributed by atoms with van der Waals surface area (Å²) in [6.07, 6.45) is 7.12. The van der Waals surface area contributed by atoms with Crippen LogP contribution in [0.1, 0.15) is 61.9 Å². The van der Waals surface area contributed by atoms with Crippen LogP contribution in [0.4, 0.5) is 0 Å². The lowest BCUT2D eigenvalue weighted by molar-refractivity contribution is -0.137. The van der Waals surface area contributed by atoms with Crippen LogP contribution in [-0.4, -0.2) is 25.2 Å². The van der Waals surface area contributed by atoms with Crippen molar-refractivity contribution >= 4 is 11.9 Å². The van der Waals surface area contributed by atoms with Crippen molar-refractivity contribution in [3.05, 3.63) is 96.6 Å². The Bertz CT molecular complexity index is 1150. The molecule has 3 aromatic rings. The normalized spacial score (nSPS) is 11.4. The van der Waals surface area contributed by atoms with Gasteiger partial charge >= 0.3 is 11.9 Å². The highest BCUT2D eigenvalue weighted by Crippen LogP contribution is 2.24. The van der Waals surface area contributed by atoms with Gasteiger partial charge in [-0.1, -0.05) is 63.2 Å². The minimum absolute atomic E-state index is 0.382. The van der Waals surface area contributed by atoms with Crippen molar-refractivity contribution in [3.8, 4) is 22.6 Å². The van der Waals surface area contributed by atoms with E-state index in [9.17, 15) is 9.59 Å². The highest BCUT2D eigenvalue weighted by Gasteiger charge is 2.10. The zero-order valence-electron chi connectivity index (χ0n) is 22.5. The number of carbonyl (C=O) groups is 2. The Morgan fingerprint density at radius 2 is 1.37 bits per heavy atom. The number of hydrogen-bond donors (Lipinski definition) is 0. The second kappa shape index (κ2) is 15.4. The third kappa shape index (κ3) is 9.55. The number of benzene rings is 3. The van der Waals surface area contributed by atoms with E-state index in [4.69, 9.17) is 14.2 Å². The molecule has 0 saturated heterocycles. The molecule has 1 unspecified atom stereocenters. The first-order valence-electron chi connectivity index (χ1n) is 13.4. The maximum absolute atomic E-state index is 12.6. The summed E-state index contributed by atoms with van der Waals surface area (Å²) < 4.78 is 16.3. The molecule has 5 nitrogen and oxygen atoms in total. The molecule has 0 aliphatic rings. The average molecular weight is 515 g/mol. The molecule has 0 saturated carbocycles. The molecule has 38 heavy (non-hydrogen) atoms. The number of carbonyl (C=O) groups excluding carboxylic acids is 2. The molecule has 0 spiro atoms. The summed E-state index contributed by atoms with van der Waals surface area (Å²) in [5.74, 6) is 1.11. The van der Waals surface area contributed by atoms with E-state index in [0.29, 0.717) is 36.2 Å². The second-order valence-electron chi connectivity index (χ2n) is 9.49. The molecule has 0 aliphatic carbocycles. The number of esters is 2. The zero-order valence-corrected chi connectivity index (χ0v) is 22.5. The van der Waals surface area contributed by atoms with Gasteiger partial charge in [-0.2, -0.15) is 0 Å². The van der Waals surface area contributed by atoms with Gasteiger partial charge in [0.05, 0.1) is 18.8 Å². The van der Waals surface area contributed by atoms with E-state index in [2.05, 4.69) is 44.7 Å². The van der Waals surface area contributed by atoms with Crippen LogP contribution in [-0.2, 0) is 16.0 Å². The predicted molar refractivity (Wildman–Crippen MR) is 152 cm³/mol. The van der Waals surface area contributed by atoms with Crippen molar-refractivity contribution in [2.45, 2.75) is 52.4 Å². The highest BCUT2D eigenvalue weighted by molar-refractivity contribution is 5.91. The first kappa shape index (κ1) is 28.7. The molecule has 0 fully saturated rings. The third-order valence-corrected chi connectivity index (χ3v) is 6.44. The molecule has 0 radical (unpaired) electrons. The van der Waals surface area contributed by atoms with Crippen LogP contribution in [0.25, 0.3) is 11.1 Å². The average Bonchev–Trinajstić information content (AvgIpc) is 2.95. The molecular formula is C33H38O5. The van der Waals surface area contributed by atoms with Crippen molar-refractivity contribution in [2.24, 2.45) is 5.92 Å². The fraction of sp³-hybridized carbons (Fsp3) is 0.333. The van der Waals surface area contributed by atoms with Gasteiger partial charge in [-0.25, -0.2) is 9.59 Å². The van der Waals surface area contributed by atoms with Gasteiger partial charge in [-0.3, -0.25) is 0 Å². The van der Waals surface area contributed by atoms with Gasteiger partial charge in [-0.15, -0.1) is 0 Å². The van der Waals surface area contributed by atoms with Crippen molar-refractivity contribution in [2.75, 3.05) is 13.2 Å². The van der Waals surface area contributed by atoms with Gasteiger partial charge in [0.15, 0.2) is 0 Å². The maximum Gasteiger partial charge on any atom is 0.343 e. The minimum Gasteiger partial charge on any atom is -0.494 e. The lowest BCUT2D eigenvalue weighted by atomic mass is 9.97. The molecule has 0 bridgehead atoms. The highest BCUT2D eigenvalue weighted by atomic mass is 16.5. The van der Waals surface area contributed by atoms with Crippen LogP contribution < -0.4 is 9.47 Å². The van der Waals surface area contributed by atoms with E-state index in [1.807, 2.05) is 24.3 Å². The summed E-state index contributed by atoms with van der Waals surface area (Å²) in [7, 11) is 0. The molecule has 3 rings (SSSR count). The Labute approximate surface area is 226 Å². The molecule has 0 heterocycles. The van der Waals surface area contributed by atoms with Gasteiger partial charge < -0.3 is 14.2 Å². The van der Waals surface area contributed by atoms with E-state index in [-0.39, 0.29) is 5.97 Å². The van der Waals surface area contributed by atoms with Crippen molar-refractivity contribution in [3.63, 3.8) is 0 Å². The largest absolute Gasteiger partial charge is 0.494 e. The van der Waals surface area contributed by atoms with Crippen molar-refractivity contribution in [1.82, 2.24) is 0 Å². The van der Waals surface area contributed by atoms with Gasteiger partial charge in [0, 0.05) is 6.08 Å².